The van der Waals surface area contributed by atoms with Crippen LogP contribution >= 0.6 is 11.3 Å². The lowest BCUT2D eigenvalue weighted by atomic mass is 10.0. The first-order valence-electron chi connectivity index (χ1n) is 14.0. The Morgan fingerprint density at radius 2 is 1.32 bits per heavy atom. The first kappa shape index (κ1) is 26.9. The smallest absolute Gasteiger partial charge is 0.260 e. The van der Waals surface area contributed by atoms with Crippen LogP contribution in [0, 0.1) is 6.92 Å². The number of hydrogen-bond donors (Lipinski definition) is 0. The lowest BCUT2D eigenvalue weighted by molar-refractivity contribution is -0.135. The van der Waals surface area contributed by atoms with Crippen molar-refractivity contribution in [2.45, 2.75) is 13.5 Å². The molecule has 0 unspecified atom stereocenters. The summed E-state index contributed by atoms with van der Waals surface area (Å²) in [6.07, 6.45) is 0. The van der Waals surface area contributed by atoms with Crippen LogP contribution in [-0.2, 0) is 11.3 Å². The zero-order valence-corrected chi connectivity index (χ0v) is 24.0. The minimum atomic E-state index is 0.0367. The van der Waals surface area contributed by atoms with Crippen molar-refractivity contribution in [3.05, 3.63) is 120 Å². The van der Waals surface area contributed by atoms with E-state index in [4.69, 9.17) is 9.72 Å². The average Bonchev–Trinajstić information content (AvgIpc) is 3.43. The van der Waals surface area contributed by atoms with Crippen LogP contribution in [0.2, 0.25) is 0 Å². The number of aryl methyl sites for hydroxylation is 1. The van der Waals surface area contributed by atoms with E-state index in [1.54, 1.807) is 11.3 Å². The maximum atomic E-state index is 12.8. The molecule has 1 amide bonds. The summed E-state index contributed by atoms with van der Waals surface area (Å²) in [6, 6.07) is 37.4. The Morgan fingerprint density at radius 3 is 2.00 bits per heavy atom. The molecule has 6 rings (SSSR count). The topological polar surface area (TPSA) is 45.7 Å². The quantitative estimate of drug-likeness (QED) is 0.202. The number of amides is 1. The molecule has 4 aromatic carbocycles. The van der Waals surface area contributed by atoms with Crippen molar-refractivity contribution in [1.29, 1.82) is 0 Å². The van der Waals surface area contributed by atoms with Crippen LogP contribution < -0.4 is 4.74 Å². The number of hydrogen-bond acceptors (Lipinski definition) is 5. The van der Waals surface area contributed by atoms with E-state index in [0.29, 0.717) is 5.75 Å². The van der Waals surface area contributed by atoms with Gasteiger partial charge >= 0.3 is 0 Å². The SMILES string of the molecule is Cc1nc(-c2ccc(-c3ccccc3)cc2)sc1-c1ccc(OCC(=O)N2CCN(Cc3ccccc3)CC2)cc1. The van der Waals surface area contributed by atoms with Crippen LogP contribution in [0.1, 0.15) is 11.3 Å². The molecule has 0 spiro atoms. The monoisotopic (exact) mass is 559 g/mol. The highest BCUT2D eigenvalue weighted by Gasteiger charge is 2.21. The van der Waals surface area contributed by atoms with Crippen LogP contribution in [-0.4, -0.2) is 53.5 Å². The number of aromatic nitrogens is 1. The van der Waals surface area contributed by atoms with E-state index in [0.717, 1.165) is 59.4 Å². The third-order valence-electron chi connectivity index (χ3n) is 7.49. The van der Waals surface area contributed by atoms with Gasteiger partial charge < -0.3 is 9.64 Å². The van der Waals surface area contributed by atoms with E-state index < -0.39 is 0 Å². The van der Waals surface area contributed by atoms with Gasteiger partial charge in [-0.1, -0.05) is 84.9 Å². The van der Waals surface area contributed by atoms with Crippen LogP contribution in [0.4, 0.5) is 0 Å². The Morgan fingerprint density at radius 1 is 0.732 bits per heavy atom. The molecule has 1 aliphatic rings. The number of carbonyl (C=O) groups excluding carboxylic acids is 1. The maximum absolute atomic E-state index is 12.8. The van der Waals surface area contributed by atoms with Gasteiger partial charge in [-0.05, 0) is 53.4 Å². The van der Waals surface area contributed by atoms with Crippen molar-refractivity contribution in [3.63, 3.8) is 0 Å². The van der Waals surface area contributed by atoms with Crippen LogP contribution in [0.3, 0.4) is 0 Å². The molecule has 0 radical (unpaired) electrons. The summed E-state index contributed by atoms with van der Waals surface area (Å²) >= 11 is 1.69. The third kappa shape index (κ3) is 6.56. The van der Waals surface area contributed by atoms with E-state index in [-0.39, 0.29) is 12.5 Å². The lowest BCUT2D eigenvalue weighted by Gasteiger charge is -2.34. The lowest BCUT2D eigenvalue weighted by Crippen LogP contribution is -2.49. The second kappa shape index (κ2) is 12.5. The first-order chi connectivity index (χ1) is 20.1. The number of benzene rings is 4. The number of nitrogens with zero attached hydrogens (tertiary/aromatic N) is 3. The third-order valence-corrected chi connectivity index (χ3v) is 8.74. The number of carbonyl (C=O) groups is 1. The van der Waals surface area contributed by atoms with Crippen molar-refractivity contribution < 1.29 is 9.53 Å². The van der Waals surface area contributed by atoms with Crippen molar-refractivity contribution in [2.24, 2.45) is 0 Å². The van der Waals surface area contributed by atoms with Crippen molar-refractivity contribution in [3.8, 4) is 37.9 Å². The molecule has 0 aliphatic carbocycles. The standard InChI is InChI=1S/C35H33N3O2S/c1-26-34(41-35(36-26)31-14-12-29(13-15-31)28-10-6-3-7-11-28)30-16-18-32(19-17-30)40-25-33(39)38-22-20-37(21-23-38)24-27-8-4-2-5-9-27/h2-19H,20-25H2,1H3. The zero-order valence-electron chi connectivity index (χ0n) is 23.2. The molecule has 5 aromatic rings. The molecule has 2 heterocycles. The van der Waals surface area contributed by atoms with Gasteiger partial charge in [0, 0.05) is 38.3 Å². The van der Waals surface area contributed by atoms with Gasteiger partial charge in [-0.15, -0.1) is 11.3 Å². The van der Waals surface area contributed by atoms with Gasteiger partial charge in [-0.3, -0.25) is 9.69 Å². The largest absolute Gasteiger partial charge is 0.484 e. The summed E-state index contributed by atoms with van der Waals surface area (Å²) in [5.74, 6) is 0.735. The molecule has 1 aromatic heterocycles. The van der Waals surface area contributed by atoms with Crippen LogP contribution in [0.25, 0.3) is 32.1 Å². The van der Waals surface area contributed by atoms with E-state index >= 15 is 0 Å². The molecule has 0 bridgehead atoms. The van der Waals surface area contributed by atoms with Gasteiger partial charge in [0.1, 0.15) is 10.8 Å². The van der Waals surface area contributed by atoms with Gasteiger partial charge in [-0.2, -0.15) is 0 Å². The summed E-state index contributed by atoms with van der Waals surface area (Å²) < 4.78 is 5.87. The Kier molecular flexibility index (Phi) is 8.21. The normalized spacial score (nSPS) is 13.7. The Bertz CT molecular complexity index is 1570. The predicted octanol–water partition coefficient (Wildman–Crippen LogP) is 7.18. The van der Waals surface area contributed by atoms with Crippen LogP contribution in [0.5, 0.6) is 5.75 Å². The molecule has 0 atom stereocenters. The molecule has 1 aliphatic heterocycles. The number of rotatable bonds is 8. The number of thiazole rings is 1. The Hall–Kier alpha value is -4.26. The molecule has 0 N–H and O–H groups in total. The van der Waals surface area contributed by atoms with Gasteiger partial charge in [0.05, 0.1) is 10.6 Å². The summed E-state index contributed by atoms with van der Waals surface area (Å²) in [4.78, 5) is 23.1. The van der Waals surface area contributed by atoms with Gasteiger partial charge in [0.25, 0.3) is 5.91 Å². The summed E-state index contributed by atoms with van der Waals surface area (Å²) in [7, 11) is 0. The fourth-order valence-electron chi connectivity index (χ4n) is 5.16. The number of ether oxygens (including phenoxy) is 1. The van der Waals surface area contributed by atoms with E-state index in [2.05, 4.69) is 84.6 Å². The average molecular weight is 560 g/mol. The first-order valence-corrected chi connectivity index (χ1v) is 14.8. The molecule has 6 heteroatoms. The van der Waals surface area contributed by atoms with Gasteiger partial charge in [0.2, 0.25) is 0 Å². The van der Waals surface area contributed by atoms with Crippen LogP contribution in [0.15, 0.2) is 109 Å². The molecule has 5 nitrogen and oxygen atoms in total. The highest BCUT2D eigenvalue weighted by atomic mass is 32.1. The summed E-state index contributed by atoms with van der Waals surface area (Å²) in [5.41, 5.74) is 6.93. The predicted molar refractivity (Wildman–Crippen MR) is 167 cm³/mol. The summed E-state index contributed by atoms with van der Waals surface area (Å²) in [6.45, 7) is 6.25. The molecule has 0 saturated carbocycles. The number of piperazine rings is 1. The minimum Gasteiger partial charge on any atom is -0.484 e. The molecule has 1 saturated heterocycles. The highest BCUT2D eigenvalue weighted by Crippen LogP contribution is 2.36. The van der Waals surface area contributed by atoms with Gasteiger partial charge in [0.15, 0.2) is 6.61 Å². The van der Waals surface area contributed by atoms with E-state index in [1.807, 2.05) is 41.3 Å². The Balaban J connectivity index is 1.02. The van der Waals surface area contributed by atoms with Crippen molar-refractivity contribution in [2.75, 3.05) is 32.8 Å². The molecular weight excluding hydrogens is 526 g/mol. The second-order valence-corrected chi connectivity index (χ2v) is 11.3. The fourth-order valence-corrected chi connectivity index (χ4v) is 6.24. The van der Waals surface area contributed by atoms with Crippen molar-refractivity contribution >= 4 is 17.2 Å². The molecule has 1 fully saturated rings. The highest BCUT2D eigenvalue weighted by molar-refractivity contribution is 7.18. The van der Waals surface area contributed by atoms with E-state index in [9.17, 15) is 4.79 Å². The van der Waals surface area contributed by atoms with Crippen molar-refractivity contribution in [1.82, 2.24) is 14.8 Å². The second-order valence-electron chi connectivity index (χ2n) is 10.3. The summed E-state index contributed by atoms with van der Waals surface area (Å²) in [5, 5.41) is 1.01. The Labute approximate surface area is 245 Å². The zero-order chi connectivity index (χ0) is 28.0. The molecular formula is C35H33N3O2S. The molecule has 41 heavy (non-hydrogen) atoms. The van der Waals surface area contributed by atoms with Gasteiger partial charge in [-0.25, -0.2) is 4.98 Å². The van der Waals surface area contributed by atoms with E-state index in [1.165, 1.54) is 16.7 Å². The maximum Gasteiger partial charge on any atom is 0.260 e. The fraction of sp³-hybridized carbons (Fsp3) is 0.200. The molecule has 206 valence electrons. The minimum absolute atomic E-state index is 0.0367.